The Bertz CT molecular complexity index is 1390. The summed E-state index contributed by atoms with van der Waals surface area (Å²) in [5.41, 5.74) is 3.24. The highest BCUT2D eigenvalue weighted by Gasteiger charge is 2.50. The standard InChI is InChI=1S/C26H24FN3O3S/c1-29-24-10-9-18(7-8-19-4-3-12-28-16-19)14-23(24)26-22(25(29)17-31)11-13-30(26)34(32,33)21-6-2-5-20(27)15-21/h2-6,9-10,12,14-16,22,25-26,31H,11,13,17H2,1H3/t22-,25+,26-/m0/s1. The predicted octanol–water partition coefficient (Wildman–Crippen LogP) is 3.18. The van der Waals surface area contributed by atoms with Crippen molar-refractivity contribution in [3.8, 4) is 11.8 Å². The second kappa shape index (κ2) is 8.84. The van der Waals surface area contributed by atoms with Crippen LogP contribution in [0, 0.1) is 23.6 Å². The number of sulfonamides is 1. The minimum absolute atomic E-state index is 0.0679. The van der Waals surface area contributed by atoms with Crippen LogP contribution in [-0.4, -0.2) is 49.1 Å². The first-order valence-corrected chi connectivity index (χ1v) is 12.5. The van der Waals surface area contributed by atoms with Crippen LogP contribution in [-0.2, 0) is 10.0 Å². The molecule has 1 fully saturated rings. The van der Waals surface area contributed by atoms with E-state index in [-0.39, 0.29) is 23.5 Å². The fourth-order valence-electron chi connectivity index (χ4n) is 5.10. The first-order valence-electron chi connectivity index (χ1n) is 11.1. The molecule has 2 aliphatic rings. The molecule has 0 unspecified atom stereocenters. The third-order valence-electron chi connectivity index (χ3n) is 6.72. The van der Waals surface area contributed by atoms with Crippen LogP contribution in [0.15, 0.2) is 71.9 Å². The average molecular weight is 478 g/mol. The summed E-state index contributed by atoms with van der Waals surface area (Å²) in [5, 5.41) is 10.2. The van der Waals surface area contributed by atoms with Crippen molar-refractivity contribution in [1.82, 2.24) is 9.29 Å². The zero-order valence-corrected chi connectivity index (χ0v) is 19.4. The summed E-state index contributed by atoms with van der Waals surface area (Å²) >= 11 is 0. The van der Waals surface area contributed by atoms with Gasteiger partial charge in [-0.3, -0.25) is 4.98 Å². The predicted molar refractivity (Wildman–Crippen MR) is 127 cm³/mol. The minimum Gasteiger partial charge on any atom is -0.394 e. The zero-order chi connectivity index (χ0) is 23.9. The molecule has 0 radical (unpaired) electrons. The first-order chi connectivity index (χ1) is 16.4. The first kappa shape index (κ1) is 22.5. The van der Waals surface area contributed by atoms with Crippen LogP contribution in [0.4, 0.5) is 10.1 Å². The van der Waals surface area contributed by atoms with Gasteiger partial charge in [-0.25, -0.2) is 12.8 Å². The number of aliphatic hydroxyl groups is 1. The molecule has 6 nitrogen and oxygen atoms in total. The molecule has 34 heavy (non-hydrogen) atoms. The number of aromatic nitrogens is 1. The van der Waals surface area contributed by atoms with Gasteiger partial charge in [0.15, 0.2) is 0 Å². The highest BCUT2D eigenvalue weighted by atomic mass is 32.2. The Morgan fingerprint density at radius 2 is 1.94 bits per heavy atom. The molecule has 5 rings (SSSR count). The molecule has 0 bridgehead atoms. The smallest absolute Gasteiger partial charge is 0.243 e. The molecule has 0 spiro atoms. The molecule has 1 aromatic heterocycles. The summed E-state index contributed by atoms with van der Waals surface area (Å²) in [6, 6.07) is 13.8. The lowest BCUT2D eigenvalue weighted by atomic mass is 9.82. The lowest BCUT2D eigenvalue weighted by Gasteiger charge is -2.44. The maximum Gasteiger partial charge on any atom is 0.243 e. The van der Waals surface area contributed by atoms with Gasteiger partial charge in [0.1, 0.15) is 5.82 Å². The van der Waals surface area contributed by atoms with E-state index in [0.717, 1.165) is 28.4 Å². The van der Waals surface area contributed by atoms with Crippen molar-refractivity contribution in [2.45, 2.75) is 23.4 Å². The van der Waals surface area contributed by atoms with Gasteiger partial charge in [-0.05, 0) is 60.5 Å². The molecule has 3 heterocycles. The molecule has 3 aromatic rings. The lowest BCUT2D eigenvalue weighted by molar-refractivity contribution is 0.193. The highest BCUT2D eigenvalue weighted by Crippen LogP contribution is 2.50. The van der Waals surface area contributed by atoms with Crippen molar-refractivity contribution in [2.24, 2.45) is 5.92 Å². The van der Waals surface area contributed by atoms with Crippen LogP contribution in [0.2, 0.25) is 0 Å². The van der Waals surface area contributed by atoms with E-state index in [2.05, 4.69) is 16.8 Å². The van der Waals surface area contributed by atoms with E-state index in [0.29, 0.717) is 13.0 Å². The number of fused-ring (bicyclic) bond motifs is 3. The van der Waals surface area contributed by atoms with E-state index in [1.807, 2.05) is 42.3 Å². The van der Waals surface area contributed by atoms with Crippen molar-refractivity contribution in [1.29, 1.82) is 0 Å². The van der Waals surface area contributed by atoms with Gasteiger partial charge in [0, 0.05) is 48.7 Å². The number of likely N-dealkylation sites (N-methyl/N-ethyl adjacent to an activating group) is 1. The van der Waals surface area contributed by atoms with Gasteiger partial charge in [0.2, 0.25) is 10.0 Å². The Morgan fingerprint density at radius 1 is 1.12 bits per heavy atom. The Hall–Kier alpha value is -3.25. The van der Waals surface area contributed by atoms with Crippen molar-refractivity contribution in [2.75, 3.05) is 25.1 Å². The fourth-order valence-corrected chi connectivity index (χ4v) is 6.80. The third-order valence-corrected chi connectivity index (χ3v) is 8.60. The quantitative estimate of drug-likeness (QED) is 0.587. The minimum atomic E-state index is -3.94. The molecule has 3 atom stereocenters. The van der Waals surface area contributed by atoms with E-state index in [9.17, 15) is 17.9 Å². The largest absolute Gasteiger partial charge is 0.394 e. The molecule has 0 saturated carbocycles. The van der Waals surface area contributed by atoms with Gasteiger partial charge < -0.3 is 10.0 Å². The monoisotopic (exact) mass is 477 g/mol. The Morgan fingerprint density at radius 3 is 2.68 bits per heavy atom. The highest BCUT2D eigenvalue weighted by molar-refractivity contribution is 7.89. The average Bonchev–Trinajstić information content (AvgIpc) is 3.30. The molecule has 0 aliphatic carbocycles. The van der Waals surface area contributed by atoms with Gasteiger partial charge in [0.25, 0.3) is 0 Å². The van der Waals surface area contributed by atoms with Crippen LogP contribution >= 0.6 is 0 Å². The van der Waals surface area contributed by atoms with Gasteiger partial charge in [0.05, 0.1) is 23.6 Å². The molecule has 1 N–H and O–H groups in total. The number of nitrogens with zero attached hydrogens (tertiary/aromatic N) is 3. The number of anilines is 1. The van der Waals surface area contributed by atoms with Crippen LogP contribution < -0.4 is 4.90 Å². The van der Waals surface area contributed by atoms with Gasteiger partial charge >= 0.3 is 0 Å². The number of halogens is 1. The number of hydrogen-bond acceptors (Lipinski definition) is 5. The Labute approximate surface area is 198 Å². The van der Waals surface area contributed by atoms with Gasteiger partial charge in [-0.2, -0.15) is 4.31 Å². The summed E-state index contributed by atoms with van der Waals surface area (Å²) in [6.45, 7) is 0.205. The van der Waals surface area contributed by atoms with E-state index < -0.39 is 21.9 Å². The van der Waals surface area contributed by atoms with Crippen molar-refractivity contribution in [3.05, 3.63) is 89.5 Å². The van der Waals surface area contributed by atoms with Crippen molar-refractivity contribution in [3.63, 3.8) is 0 Å². The fraction of sp³-hybridized carbons (Fsp3) is 0.269. The molecule has 0 amide bonds. The summed E-state index contributed by atoms with van der Waals surface area (Å²) in [5.74, 6) is 5.54. The SMILES string of the molecule is CN1c2ccc(C#Cc3cccnc3)cc2[C@@H]2[C@@H](CCN2S(=O)(=O)c2cccc(F)c2)[C@H]1CO. The maximum absolute atomic E-state index is 13.9. The van der Waals surface area contributed by atoms with Gasteiger partial charge in [-0.15, -0.1) is 0 Å². The molecular weight excluding hydrogens is 453 g/mol. The second-order valence-electron chi connectivity index (χ2n) is 8.60. The number of benzene rings is 2. The normalized spacial score (nSPS) is 22.0. The number of hydrogen-bond donors (Lipinski definition) is 1. The van der Waals surface area contributed by atoms with Crippen LogP contribution in [0.1, 0.15) is 29.2 Å². The summed E-state index contributed by atoms with van der Waals surface area (Å²) < 4.78 is 42.5. The molecule has 2 aromatic carbocycles. The van der Waals surface area contributed by atoms with E-state index >= 15 is 0 Å². The molecule has 1 saturated heterocycles. The summed E-state index contributed by atoms with van der Waals surface area (Å²) in [4.78, 5) is 6.03. The Balaban J connectivity index is 1.60. The van der Waals surface area contributed by atoms with Crippen LogP contribution in [0.25, 0.3) is 0 Å². The summed E-state index contributed by atoms with van der Waals surface area (Å²) in [6.07, 6.45) is 3.97. The Kier molecular flexibility index (Phi) is 5.86. The number of aliphatic hydroxyl groups excluding tert-OH is 1. The molecule has 2 aliphatic heterocycles. The third kappa shape index (κ3) is 3.86. The topological polar surface area (TPSA) is 73.7 Å². The zero-order valence-electron chi connectivity index (χ0n) is 18.6. The van der Waals surface area contributed by atoms with E-state index in [4.69, 9.17) is 0 Å². The lowest BCUT2D eigenvalue weighted by Crippen LogP contribution is -2.48. The molecule has 8 heteroatoms. The van der Waals surface area contributed by atoms with Crippen molar-refractivity contribution >= 4 is 15.7 Å². The summed E-state index contributed by atoms with van der Waals surface area (Å²) in [7, 11) is -2.03. The van der Waals surface area contributed by atoms with Crippen molar-refractivity contribution < 1.29 is 17.9 Å². The second-order valence-corrected chi connectivity index (χ2v) is 10.5. The van der Waals surface area contributed by atoms with Crippen LogP contribution in [0.5, 0.6) is 0 Å². The van der Waals surface area contributed by atoms with E-state index in [1.165, 1.54) is 22.5 Å². The number of rotatable bonds is 3. The van der Waals surface area contributed by atoms with Gasteiger partial charge in [-0.1, -0.05) is 17.9 Å². The number of pyridine rings is 1. The van der Waals surface area contributed by atoms with E-state index in [1.54, 1.807) is 12.4 Å². The maximum atomic E-state index is 13.9. The molecule has 174 valence electrons. The van der Waals surface area contributed by atoms with Crippen LogP contribution in [0.3, 0.4) is 0 Å². The molecular formula is C26H24FN3O3S.